The topological polar surface area (TPSA) is 51.2 Å². The number of benzene rings is 2. The van der Waals surface area contributed by atoms with Gasteiger partial charge < -0.3 is 0 Å². The number of rotatable bonds is 4. The number of hydrogen-bond acceptors (Lipinski definition) is 3. The van der Waals surface area contributed by atoms with E-state index in [1.807, 2.05) is 0 Å². The first-order valence-electron chi connectivity index (χ1n) is 5.77. The molecule has 21 heavy (non-hydrogen) atoms. The van der Waals surface area contributed by atoms with Gasteiger partial charge in [-0.25, -0.2) is 8.42 Å². The third-order valence-corrected chi connectivity index (χ3v) is 5.75. The van der Waals surface area contributed by atoms with Crippen molar-refractivity contribution in [3.05, 3.63) is 62.5 Å². The smallest absolute Gasteiger partial charge is 0.188 e. The number of carbonyl (C=O) groups is 1. The molecule has 0 aliphatic rings. The van der Waals surface area contributed by atoms with Crippen LogP contribution in [0.5, 0.6) is 0 Å². The Morgan fingerprint density at radius 1 is 1.05 bits per heavy atom. The molecule has 2 rings (SSSR count). The summed E-state index contributed by atoms with van der Waals surface area (Å²) < 4.78 is 25.4. The lowest BCUT2D eigenvalue weighted by Crippen LogP contribution is -2.17. The minimum atomic E-state index is -3.91. The van der Waals surface area contributed by atoms with Crippen LogP contribution in [0.1, 0.15) is 10.4 Å². The van der Waals surface area contributed by atoms with Crippen molar-refractivity contribution in [1.29, 1.82) is 0 Å². The second kappa shape index (κ2) is 6.48. The van der Waals surface area contributed by atoms with Crippen LogP contribution in [0.25, 0.3) is 0 Å². The fraction of sp³-hybridized carbons (Fsp3) is 0.0714. The fourth-order valence-corrected chi connectivity index (χ4v) is 4.66. The Morgan fingerprint density at radius 2 is 1.62 bits per heavy atom. The number of sulfone groups is 1. The Balaban J connectivity index is 2.36. The second-order valence-corrected chi connectivity index (χ2v) is 7.90. The minimum Gasteiger partial charge on any atom is -0.293 e. The van der Waals surface area contributed by atoms with E-state index in [1.54, 1.807) is 30.3 Å². The first kappa shape index (κ1) is 16.5. The predicted octanol–water partition coefficient (Wildman–Crippen LogP) is 4.41. The van der Waals surface area contributed by atoms with Crippen LogP contribution in [-0.4, -0.2) is 20.0 Å². The molecule has 110 valence electrons. The summed E-state index contributed by atoms with van der Waals surface area (Å²) in [6.07, 6.45) is 0. The first-order chi connectivity index (χ1) is 9.81. The molecular weight excluding hydrogens is 399 g/mol. The van der Waals surface area contributed by atoms with Crippen LogP contribution in [0.3, 0.4) is 0 Å². The third kappa shape index (κ3) is 3.86. The van der Waals surface area contributed by atoms with Crippen LogP contribution in [0.4, 0.5) is 0 Å². The van der Waals surface area contributed by atoms with Crippen molar-refractivity contribution in [2.24, 2.45) is 0 Å². The highest BCUT2D eigenvalue weighted by molar-refractivity contribution is 9.10. The van der Waals surface area contributed by atoms with Gasteiger partial charge in [0.25, 0.3) is 0 Å². The molecule has 0 saturated heterocycles. The Hall–Kier alpha value is -0.880. The van der Waals surface area contributed by atoms with Gasteiger partial charge in [0.2, 0.25) is 0 Å². The summed E-state index contributed by atoms with van der Waals surface area (Å²) in [6, 6.07) is 10.9. The molecule has 2 aromatic rings. The molecule has 0 aromatic heterocycles. The van der Waals surface area contributed by atoms with E-state index in [9.17, 15) is 13.2 Å². The normalized spacial score (nSPS) is 11.4. The Bertz CT molecular complexity index is 783. The van der Waals surface area contributed by atoms with Crippen LogP contribution in [-0.2, 0) is 9.84 Å². The van der Waals surface area contributed by atoms with Gasteiger partial charge in [-0.3, -0.25) is 4.79 Å². The number of carbonyl (C=O) groups excluding carboxylic acids is 1. The Labute approximate surface area is 140 Å². The SMILES string of the molecule is O=C(CS(=O)(=O)c1c(Cl)cccc1Cl)c1cccc(Br)c1. The van der Waals surface area contributed by atoms with Crippen LogP contribution < -0.4 is 0 Å². The van der Waals surface area contributed by atoms with E-state index >= 15 is 0 Å². The van der Waals surface area contributed by atoms with Crippen molar-refractivity contribution >= 4 is 54.8 Å². The lowest BCUT2D eigenvalue weighted by atomic mass is 10.2. The van der Waals surface area contributed by atoms with Crippen molar-refractivity contribution in [2.75, 3.05) is 5.75 Å². The van der Waals surface area contributed by atoms with Crippen LogP contribution in [0.2, 0.25) is 10.0 Å². The molecule has 0 bridgehead atoms. The molecular formula is C14H9BrCl2O3S. The fourth-order valence-electron chi connectivity index (χ4n) is 1.77. The molecule has 3 nitrogen and oxygen atoms in total. The quantitative estimate of drug-likeness (QED) is 0.705. The maximum absolute atomic E-state index is 12.3. The monoisotopic (exact) mass is 406 g/mol. The van der Waals surface area contributed by atoms with Gasteiger partial charge >= 0.3 is 0 Å². The lowest BCUT2D eigenvalue weighted by molar-refractivity contribution is 0.102. The standard InChI is InChI=1S/C14H9BrCl2O3S/c15-10-4-1-3-9(7-10)13(18)8-21(19,20)14-11(16)5-2-6-12(14)17/h1-7H,8H2. The first-order valence-corrected chi connectivity index (χ1v) is 8.97. The summed E-state index contributed by atoms with van der Waals surface area (Å²) in [5.41, 5.74) is 0.302. The Kier molecular flexibility index (Phi) is 5.09. The molecule has 0 fully saturated rings. The van der Waals surface area contributed by atoms with E-state index in [0.29, 0.717) is 10.0 Å². The zero-order valence-electron chi connectivity index (χ0n) is 10.5. The van der Waals surface area contributed by atoms with Crippen molar-refractivity contribution in [2.45, 2.75) is 4.90 Å². The second-order valence-electron chi connectivity index (χ2n) is 4.24. The van der Waals surface area contributed by atoms with Gasteiger partial charge in [-0.05, 0) is 24.3 Å². The van der Waals surface area contributed by atoms with E-state index in [4.69, 9.17) is 23.2 Å². The minimum absolute atomic E-state index is 0.00421. The highest BCUT2D eigenvalue weighted by atomic mass is 79.9. The molecule has 2 aromatic carbocycles. The molecule has 0 spiro atoms. The highest BCUT2D eigenvalue weighted by Crippen LogP contribution is 2.30. The third-order valence-electron chi connectivity index (χ3n) is 2.70. The van der Waals surface area contributed by atoms with Crippen molar-refractivity contribution in [1.82, 2.24) is 0 Å². The van der Waals surface area contributed by atoms with E-state index in [-0.39, 0.29) is 14.9 Å². The molecule has 0 amide bonds. The van der Waals surface area contributed by atoms with Gasteiger partial charge in [0.15, 0.2) is 15.6 Å². The summed E-state index contributed by atoms with van der Waals surface area (Å²) in [6.45, 7) is 0. The Morgan fingerprint density at radius 3 is 2.19 bits per heavy atom. The zero-order chi connectivity index (χ0) is 15.6. The average Bonchev–Trinajstić information content (AvgIpc) is 2.37. The van der Waals surface area contributed by atoms with Gasteiger partial charge in [0, 0.05) is 10.0 Å². The number of ketones is 1. The van der Waals surface area contributed by atoms with E-state index < -0.39 is 21.4 Å². The highest BCUT2D eigenvalue weighted by Gasteiger charge is 2.25. The molecule has 0 aliphatic carbocycles. The molecule has 7 heteroatoms. The molecule has 0 radical (unpaired) electrons. The van der Waals surface area contributed by atoms with Crippen molar-refractivity contribution in [3.8, 4) is 0 Å². The van der Waals surface area contributed by atoms with E-state index in [2.05, 4.69) is 15.9 Å². The van der Waals surface area contributed by atoms with E-state index in [0.717, 1.165) is 0 Å². The van der Waals surface area contributed by atoms with Gasteiger partial charge in [0.05, 0.1) is 10.0 Å². The maximum Gasteiger partial charge on any atom is 0.188 e. The predicted molar refractivity (Wildman–Crippen MR) is 87.0 cm³/mol. The zero-order valence-corrected chi connectivity index (χ0v) is 14.4. The summed E-state index contributed by atoms with van der Waals surface area (Å²) in [5, 5.41) is 0.00841. The largest absolute Gasteiger partial charge is 0.293 e. The molecule has 0 atom stereocenters. The van der Waals surface area contributed by atoms with Gasteiger partial charge in [-0.2, -0.15) is 0 Å². The summed E-state index contributed by atoms with van der Waals surface area (Å²) in [7, 11) is -3.91. The maximum atomic E-state index is 12.3. The molecule has 0 aliphatic heterocycles. The number of halogens is 3. The van der Waals surface area contributed by atoms with Crippen molar-refractivity contribution in [3.63, 3.8) is 0 Å². The molecule has 0 N–H and O–H groups in total. The van der Waals surface area contributed by atoms with Gasteiger partial charge in [0.1, 0.15) is 10.6 Å². The van der Waals surface area contributed by atoms with Crippen LogP contribution in [0.15, 0.2) is 51.8 Å². The average molecular weight is 408 g/mol. The summed E-state index contributed by atoms with van der Waals surface area (Å²) in [4.78, 5) is 11.9. The number of Topliss-reactive ketones (excluding diaryl/α,β-unsaturated/α-hetero) is 1. The summed E-state index contributed by atoms with van der Waals surface area (Å²) in [5.74, 6) is -1.21. The molecule has 0 saturated carbocycles. The van der Waals surface area contributed by atoms with Gasteiger partial charge in [-0.1, -0.05) is 57.3 Å². The van der Waals surface area contributed by atoms with E-state index in [1.165, 1.54) is 12.1 Å². The van der Waals surface area contributed by atoms with Gasteiger partial charge in [-0.15, -0.1) is 0 Å². The molecule has 0 heterocycles. The summed E-state index contributed by atoms with van der Waals surface area (Å²) >= 11 is 15.0. The van der Waals surface area contributed by atoms with Crippen molar-refractivity contribution < 1.29 is 13.2 Å². The number of hydrogen-bond donors (Lipinski definition) is 0. The van der Waals surface area contributed by atoms with Crippen LogP contribution in [0, 0.1) is 0 Å². The molecule has 0 unspecified atom stereocenters. The van der Waals surface area contributed by atoms with Crippen LogP contribution >= 0.6 is 39.1 Å². The lowest BCUT2D eigenvalue weighted by Gasteiger charge is -2.08.